The summed E-state index contributed by atoms with van der Waals surface area (Å²) in [5, 5.41) is 4.29. The Morgan fingerprint density at radius 2 is 1.81 bits per heavy atom. The van der Waals surface area contributed by atoms with Crippen LogP contribution >= 0.6 is 0 Å². The van der Waals surface area contributed by atoms with Gasteiger partial charge in [0.25, 0.3) is 0 Å². The molecule has 2 rings (SSSR count). The van der Waals surface area contributed by atoms with Crippen LogP contribution in [0, 0.1) is 0 Å². The van der Waals surface area contributed by atoms with Gasteiger partial charge in [-0.1, -0.05) is 23.4 Å². The van der Waals surface area contributed by atoms with Crippen LogP contribution in [0.4, 0.5) is 4.79 Å². The van der Waals surface area contributed by atoms with Crippen molar-refractivity contribution in [3.63, 3.8) is 0 Å². The van der Waals surface area contributed by atoms with Crippen LogP contribution in [0.3, 0.4) is 0 Å². The molecular formula is C19H22N2O6. The zero-order valence-electron chi connectivity index (χ0n) is 15.9. The first-order chi connectivity index (χ1) is 12.6. The molecule has 27 heavy (non-hydrogen) atoms. The Bertz CT molecular complexity index is 905. The number of rotatable bonds is 4. The van der Waals surface area contributed by atoms with Gasteiger partial charge in [-0.3, -0.25) is 0 Å². The lowest BCUT2D eigenvalue weighted by Gasteiger charge is -2.21. The average molecular weight is 374 g/mol. The summed E-state index contributed by atoms with van der Waals surface area (Å²) in [5.41, 5.74) is -0.447. The first kappa shape index (κ1) is 20.2. The Kier molecular flexibility index (Phi) is 5.99. The van der Waals surface area contributed by atoms with Crippen molar-refractivity contribution >= 4 is 34.6 Å². The lowest BCUT2D eigenvalue weighted by atomic mass is 10.2. The van der Waals surface area contributed by atoms with Crippen LogP contribution in [0.1, 0.15) is 40.3 Å². The van der Waals surface area contributed by atoms with Gasteiger partial charge in [0.1, 0.15) is 5.60 Å². The van der Waals surface area contributed by atoms with Gasteiger partial charge in [-0.25, -0.2) is 19.0 Å². The van der Waals surface area contributed by atoms with Crippen molar-refractivity contribution in [2.75, 3.05) is 6.61 Å². The summed E-state index contributed by atoms with van der Waals surface area (Å²) in [5.74, 6) is -1.54. The maximum Gasteiger partial charge on any atom is 0.419 e. The van der Waals surface area contributed by atoms with Crippen LogP contribution in [-0.4, -0.2) is 40.5 Å². The molecule has 0 saturated carbocycles. The van der Waals surface area contributed by atoms with Crippen molar-refractivity contribution in [3.05, 3.63) is 36.0 Å². The van der Waals surface area contributed by atoms with Gasteiger partial charge in [0, 0.05) is 12.3 Å². The smallest absolute Gasteiger partial charge is 0.419 e. The van der Waals surface area contributed by atoms with E-state index in [9.17, 15) is 14.4 Å². The average Bonchev–Trinajstić information content (AvgIpc) is 2.92. The molecule has 0 bridgehead atoms. The van der Waals surface area contributed by atoms with E-state index < -0.39 is 23.6 Å². The first-order valence-corrected chi connectivity index (χ1v) is 8.41. The molecule has 0 aliphatic rings. The highest BCUT2D eigenvalue weighted by atomic mass is 16.7. The predicted molar refractivity (Wildman–Crippen MR) is 98.5 cm³/mol. The summed E-state index contributed by atoms with van der Waals surface area (Å²) in [6, 6.07) is 8.60. The molecule has 0 atom stereocenters. The molecule has 8 heteroatoms. The van der Waals surface area contributed by atoms with Crippen molar-refractivity contribution in [2.24, 2.45) is 5.16 Å². The number of hydrogen-bond acceptors (Lipinski definition) is 7. The third-order valence-electron chi connectivity index (χ3n) is 3.26. The van der Waals surface area contributed by atoms with E-state index in [2.05, 4.69) is 9.99 Å². The van der Waals surface area contributed by atoms with Crippen LogP contribution in [-0.2, 0) is 23.9 Å². The molecule has 0 spiro atoms. The summed E-state index contributed by atoms with van der Waals surface area (Å²) in [6.07, 6.45) is -0.696. The zero-order chi connectivity index (χ0) is 20.2. The fraction of sp³-hybridized carbons (Fsp3) is 0.368. The molecule has 0 N–H and O–H groups in total. The van der Waals surface area contributed by atoms with Crippen LogP contribution in [0.15, 0.2) is 35.5 Å². The van der Waals surface area contributed by atoms with E-state index in [0.29, 0.717) is 10.9 Å². The van der Waals surface area contributed by atoms with E-state index in [-0.39, 0.29) is 18.0 Å². The minimum absolute atomic E-state index is 0.0879. The Labute approximate surface area is 156 Å². The standard InChI is InChI=1S/C19H22N2O6/c1-6-25-17(23)16(20-27-12(2)22)15-11-13-9-7-8-10-14(13)21(15)18(24)26-19(3,4)5/h7-11H,6H2,1-5H3/b20-16-. The number of para-hydroxylation sites is 1. The normalized spacial score (nSPS) is 12.0. The van der Waals surface area contributed by atoms with E-state index in [1.54, 1.807) is 58.0 Å². The number of aromatic nitrogens is 1. The molecule has 1 heterocycles. The monoisotopic (exact) mass is 374 g/mol. The third-order valence-corrected chi connectivity index (χ3v) is 3.26. The maximum atomic E-state index is 12.8. The van der Waals surface area contributed by atoms with Crippen LogP contribution < -0.4 is 0 Å². The van der Waals surface area contributed by atoms with Gasteiger partial charge >= 0.3 is 18.0 Å². The molecule has 0 amide bonds. The van der Waals surface area contributed by atoms with E-state index in [1.807, 2.05) is 0 Å². The number of carbonyl (C=O) groups excluding carboxylic acids is 3. The third kappa shape index (κ3) is 4.93. The molecule has 0 radical (unpaired) electrons. The molecule has 0 unspecified atom stereocenters. The van der Waals surface area contributed by atoms with Crippen LogP contribution in [0.5, 0.6) is 0 Å². The Morgan fingerprint density at radius 3 is 2.41 bits per heavy atom. The van der Waals surface area contributed by atoms with Crippen molar-refractivity contribution < 1.29 is 28.7 Å². The fourth-order valence-corrected chi connectivity index (χ4v) is 2.33. The summed E-state index contributed by atoms with van der Waals surface area (Å²) in [6.45, 7) is 8.06. The zero-order valence-corrected chi connectivity index (χ0v) is 15.9. The molecule has 0 saturated heterocycles. The molecule has 0 fully saturated rings. The number of nitrogens with zero attached hydrogens (tertiary/aromatic N) is 2. The molecule has 0 aliphatic heterocycles. The molecule has 2 aromatic rings. The lowest BCUT2D eigenvalue weighted by molar-refractivity contribution is -0.141. The SMILES string of the molecule is CCOC(=O)/C(=N\OC(C)=O)c1cc2ccccc2n1C(=O)OC(C)(C)C. The number of fused-ring (bicyclic) bond motifs is 1. The molecule has 1 aromatic heterocycles. The minimum atomic E-state index is -0.827. The second-order valence-electron chi connectivity index (χ2n) is 6.65. The Morgan fingerprint density at radius 1 is 1.15 bits per heavy atom. The molecule has 8 nitrogen and oxygen atoms in total. The topological polar surface area (TPSA) is 96.2 Å². The van der Waals surface area contributed by atoms with E-state index in [4.69, 9.17) is 9.47 Å². The molecule has 1 aromatic carbocycles. The van der Waals surface area contributed by atoms with Gasteiger partial charge in [0.05, 0.1) is 17.8 Å². The highest BCUT2D eigenvalue weighted by Crippen LogP contribution is 2.23. The molecular weight excluding hydrogens is 352 g/mol. The summed E-state index contributed by atoms with van der Waals surface area (Å²) < 4.78 is 11.7. The summed E-state index contributed by atoms with van der Waals surface area (Å²) >= 11 is 0. The van der Waals surface area contributed by atoms with Gasteiger partial charge in [0.2, 0.25) is 5.71 Å². The van der Waals surface area contributed by atoms with E-state index in [1.165, 1.54) is 4.57 Å². The number of carbonyl (C=O) groups is 3. The number of oxime groups is 1. The number of ether oxygens (including phenoxy) is 2. The van der Waals surface area contributed by atoms with Gasteiger partial charge in [0.15, 0.2) is 0 Å². The van der Waals surface area contributed by atoms with Crippen molar-refractivity contribution in [1.29, 1.82) is 0 Å². The fourth-order valence-electron chi connectivity index (χ4n) is 2.33. The van der Waals surface area contributed by atoms with Crippen LogP contribution in [0.25, 0.3) is 10.9 Å². The van der Waals surface area contributed by atoms with E-state index in [0.717, 1.165) is 6.92 Å². The van der Waals surface area contributed by atoms with Crippen molar-refractivity contribution in [2.45, 2.75) is 40.2 Å². The predicted octanol–water partition coefficient (Wildman–Crippen LogP) is 3.25. The number of hydrogen-bond donors (Lipinski definition) is 0. The lowest BCUT2D eigenvalue weighted by Crippen LogP contribution is -2.30. The van der Waals surface area contributed by atoms with Crippen molar-refractivity contribution in [1.82, 2.24) is 4.57 Å². The Hall–Kier alpha value is -3.16. The van der Waals surface area contributed by atoms with Gasteiger partial charge < -0.3 is 14.3 Å². The minimum Gasteiger partial charge on any atom is -0.461 e. The summed E-state index contributed by atoms with van der Waals surface area (Å²) in [7, 11) is 0. The summed E-state index contributed by atoms with van der Waals surface area (Å²) in [4.78, 5) is 41.0. The second-order valence-corrected chi connectivity index (χ2v) is 6.65. The number of esters is 1. The van der Waals surface area contributed by atoms with Gasteiger partial charge in [-0.05, 0) is 39.8 Å². The van der Waals surface area contributed by atoms with Gasteiger partial charge in [-0.2, -0.15) is 0 Å². The maximum absolute atomic E-state index is 12.8. The number of benzene rings is 1. The van der Waals surface area contributed by atoms with Crippen LogP contribution in [0.2, 0.25) is 0 Å². The quantitative estimate of drug-likeness (QED) is 0.353. The second kappa shape index (κ2) is 8.03. The molecule has 144 valence electrons. The van der Waals surface area contributed by atoms with E-state index >= 15 is 0 Å². The highest BCUT2D eigenvalue weighted by molar-refractivity contribution is 6.43. The first-order valence-electron chi connectivity index (χ1n) is 8.41. The van der Waals surface area contributed by atoms with Gasteiger partial charge in [-0.15, -0.1) is 0 Å². The largest absolute Gasteiger partial charge is 0.461 e. The molecule has 0 aliphatic carbocycles. The Balaban J connectivity index is 2.68. The highest BCUT2D eigenvalue weighted by Gasteiger charge is 2.28. The van der Waals surface area contributed by atoms with Crippen molar-refractivity contribution in [3.8, 4) is 0 Å².